The molecule has 0 saturated carbocycles. The highest BCUT2D eigenvalue weighted by atomic mass is 35.5. The zero-order valence-corrected chi connectivity index (χ0v) is 21.6. The van der Waals surface area contributed by atoms with Gasteiger partial charge in [0, 0.05) is 34.5 Å². The Kier molecular flexibility index (Phi) is 7.74. The van der Waals surface area contributed by atoms with E-state index in [9.17, 15) is 9.59 Å². The molecule has 1 amide bonds. The van der Waals surface area contributed by atoms with Gasteiger partial charge in [-0.1, -0.05) is 41.4 Å². The summed E-state index contributed by atoms with van der Waals surface area (Å²) in [6.45, 7) is 3.29. The Balaban J connectivity index is 1.70. The van der Waals surface area contributed by atoms with Crippen molar-refractivity contribution in [2.45, 2.75) is 13.8 Å². The number of fused-ring (bicyclic) bond motifs is 1. The molecule has 0 atom stereocenters. The number of ether oxygens (including phenoxy) is 3. The number of benzene rings is 3. The first-order chi connectivity index (χ1) is 17.8. The number of hydrogen-bond acceptors (Lipinski definition) is 6. The minimum Gasteiger partial charge on any atom is -0.493 e. The molecule has 0 saturated heterocycles. The minimum atomic E-state index is -0.507. The van der Waals surface area contributed by atoms with Crippen LogP contribution in [0.5, 0.6) is 17.2 Å². The largest absolute Gasteiger partial charge is 0.493 e. The summed E-state index contributed by atoms with van der Waals surface area (Å²) >= 11 is 6.55. The number of amides is 1. The van der Waals surface area contributed by atoms with E-state index in [-0.39, 0.29) is 11.7 Å². The van der Waals surface area contributed by atoms with Crippen LogP contribution in [0.25, 0.3) is 28.1 Å². The van der Waals surface area contributed by atoms with Crippen LogP contribution < -0.4 is 19.5 Å². The highest BCUT2D eigenvalue weighted by Gasteiger charge is 2.17. The third kappa shape index (κ3) is 5.73. The summed E-state index contributed by atoms with van der Waals surface area (Å²) < 4.78 is 15.9. The van der Waals surface area contributed by atoms with Gasteiger partial charge in [-0.15, -0.1) is 0 Å². The van der Waals surface area contributed by atoms with Crippen molar-refractivity contribution in [2.24, 2.45) is 0 Å². The Bertz CT molecular complexity index is 1510. The Labute approximate surface area is 219 Å². The SMILES string of the molecule is COc1cc(C=CC(=O)Nc2cnc3ccc(C)cc3c2-c2ccccc2Cl)cc(OC)c1OC(C)=O. The summed E-state index contributed by atoms with van der Waals surface area (Å²) in [5.74, 6) is -0.118. The zero-order chi connectivity index (χ0) is 26.5. The lowest BCUT2D eigenvalue weighted by molar-refractivity contribution is -0.132. The van der Waals surface area contributed by atoms with E-state index in [0.29, 0.717) is 27.8 Å². The molecular formula is C29H25ClN2O5. The van der Waals surface area contributed by atoms with Crippen molar-refractivity contribution in [3.05, 3.63) is 83.0 Å². The van der Waals surface area contributed by atoms with Crippen molar-refractivity contribution in [2.75, 3.05) is 19.5 Å². The zero-order valence-electron chi connectivity index (χ0n) is 20.8. The van der Waals surface area contributed by atoms with Gasteiger partial charge in [-0.05, 0) is 48.9 Å². The van der Waals surface area contributed by atoms with Gasteiger partial charge in [-0.3, -0.25) is 14.6 Å². The first-order valence-corrected chi connectivity index (χ1v) is 11.8. The van der Waals surface area contributed by atoms with Crippen LogP contribution in [0.15, 0.2) is 66.9 Å². The maximum Gasteiger partial charge on any atom is 0.308 e. The van der Waals surface area contributed by atoms with Crippen LogP contribution in [0.3, 0.4) is 0 Å². The van der Waals surface area contributed by atoms with Gasteiger partial charge in [0.2, 0.25) is 11.7 Å². The van der Waals surface area contributed by atoms with Crippen molar-refractivity contribution in [1.29, 1.82) is 0 Å². The van der Waals surface area contributed by atoms with Gasteiger partial charge in [0.25, 0.3) is 0 Å². The second-order valence-electron chi connectivity index (χ2n) is 8.22. The first kappa shape index (κ1) is 25.7. The van der Waals surface area contributed by atoms with Crippen molar-refractivity contribution in [3.63, 3.8) is 0 Å². The van der Waals surface area contributed by atoms with E-state index >= 15 is 0 Å². The highest BCUT2D eigenvalue weighted by Crippen LogP contribution is 2.40. The number of pyridine rings is 1. The molecule has 0 unspecified atom stereocenters. The minimum absolute atomic E-state index is 0.168. The molecule has 0 aliphatic heterocycles. The molecule has 0 aliphatic carbocycles. The quantitative estimate of drug-likeness (QED) is 0.172. The molecule has 0 aliphatic rings. The molecule has 0 spiro atoms. The van der Waals surface area contributed by atoms with Crippen molar-refractivity contribution in [1.82, 2.24) is 4.98 Å². The number of methoxy groups -OCH3 is 2. The molecular weight excluding hydrogens is 492 g/mol. The Hall–Kier alpha value is -4.36. The number of nitrogens with zero attached hydrogens (tertiary/aromatic N) is 1. The summed E-state index contributed by atoms with van der Waals surface area (Å²) in [6, 6.07) is 16.7. The number of anilines is 1. The number of carbonyl (C=O) groups is 2. The number of aromatic nitrogens is 1. The lowest BCUT2D eigenvalue weighted by Crippen LogP contribution is -2.09. The van der Waals surface area contributed by atoms with E-state index in [4.69, 9.17) is 25.8 Å². The third-order valence-corrected chi connectivity index (χ3v) is 5.91. The molecule has 188 valence electrons. The average Bonchev–Trinajstić information content (AvgIpc) is 2.88. The molecule has 7 nitrogen and oxygen atoms in total. The molecule has 37 heavy (non-hydrogen) atoms. The molecule has 0 radical (unpaired) electrons. The van der Waals surface area contributed by atoms with E-state index in [1.54, 1.807) is 24.4 Å². The summed E-state index contributed by atoms with van der Waals surface area (Å²) in [6.07, 6.45) is 4.62. The average molecular weight is 517 g/mol. The maximum atomic E-state index is 13.0. The second-order valence-corrected chi connectivity index (χ2v) is 8.63. The number of hydrogen-bond donors (Lipinski definition) is 1. The predicted octanol–water partition coefficient (Wildman–Crippen LogP) is 6.46. The Morgan fingerprint density at radius 2 is 1.70 bits per heavy atom. The van der Waals surface area contributed by atoms with Crippen LogP contribution in [0.2, 0.25) is 5.02 Å². The number of rotatable bonds is 7. The molecule has 3 aromatic carbocycles. The van der Waals surface area contributed by atoms with E-state index < -0.39 is 5.97 Å². The number of esters is 1. The molecule has 8 heteroatoms. The summed E-state index contributed by atoms with van der Waals surface area (Å²) in [5.41, 5.74) is 4.57. The molecule has 1 aromatic heterocycles. The summed E-state index contributed by atoms with van der Waals surface area (Å²) in [4.78, 5) is 29.0. The van der Waals surface area contributed by atoms with Gasteiger partial charge in [-0.2, -0.15) is 0 Å². The maximum absolute atomic E-state index is 13.0. The van der Waals surface area contributed by atoms with Crippen LogP contribution in [-0.2, 0) is 9.59 Å². The van der Waals surface area contributed by atoms with Gasteiger partial charge < -0.3 is 19.5 Å². The number of halogens is 1. The predicted molar refractivity (Wildman–Crippen MR) is 145 cm³/mol. The topological polar surface area (TPSA) is 86.8 Å². The first-order valence-electron chi connectivity index (χ1n) is 11.4. The van der Waals surface area contributed by atoms with Crippen LogP contribution in [0, 0.1) is 6.92 Å². The van der Waals surface area contributed by atoms with Crippen LogP contribution in [0.1, 0.15) is 18.1 Å². The number of nitrogens with one attached hydrogen (secondary N) is 1. The van der Waals surface area contributed by atoms with Gasteiger partial charge in [0.05, 0.1) is 31.6 Å². The van der Waals surface area contributed by atoms with Crippen molar-refractivity contribution in [3.8, 4) is 28.4 Å². The Morgan fingerprint density at radius 1 is 1.00 bits per heavy atom. The molecule has 4 aromatic rings. The van der Waals surface area contributed by atoms with Crippen molar-refractivity contribution < 1.29 is 23.8 Å². The third-order valence-electron chi connectivity index (χ3n) is 5.58. The molecule has 4 rings (SSSR count). The van der Waals surface area contributed by atoms with Gasteiger partial charge in [0.15, 0.2) is 11.5 Å². The smallest absolute Gasteiger partial charge is 0.308 e. The van der Waals surface area contributed by atoms with E-state index in [1.807, 2.05) is 49.4 Å². The van der Waals surface area contributed by atoms with E-state index in [1.165, 1.54) is 27.2 Å². The van der Waals surface area contributed by atoms with Crippen LogP contribution in [-0.4, -0.2) is 31.1 Å². The summed E-state index contributed by atoms with van der Waals surface area (Å²) in [5, 5.41) is 4.38. The van der Waals surface area contributed by atoms with Crippen LogP contribution >= 0.6 is 11.6 Å². The van der Waals surface area contributed by atoms with Crippen LogP contribution in [0.4, 0.5) is 5.69 Å². The van der Waals surface area contributed by atoms with Gasteiger partial charge in [-0.25, -0.2) is 0 Å². The molecule has 0 bridgehead atoms. The molecule has 0 fully saturated rings. The fourth-order valence-electron chi connectivity index (χ4n) is 3.94. The van der Waals surface area contributed by atoms with Gasteiger partial charge >= 0.3 is 5.97 Å². The monoisotopic (exact) mass is 516 g/mol. The number of carbonyl (C=O) groups excluding carboxylic acids is 2. The molecule has 1 heterocycles. The summed E-state index contributed by atoms with van der Waals surface area (Å²) in [7, 11) is 2.90. The fourth-order valence-corrected chi connectivity index (χ4v) is 4.17. The highest BCUT2D eigenvalue weighted by molar-refractivity contribution is 6.34. The van der Waals surface area contributed by atoms with Crippen molar-refractivity contribution >= 4 is 46.1 Å². The van der Waals surface area contributed by atoms with E-state index in [0.717, 1.165) is 27.6 Å². The lowest BCUT2D eigenvalue weighted by atomic mass is 9.98. The molecule has 1 N–H and O–H groups in total. The Morgan fingerprint density at radius 3 is 2.35 bits per heavy atom. The fraction of sp³-hybridized carbons (Fsp3) is 0.138. The number of aryl methyl sites for hydroxylation is 1. The standard InChI is InChI=1S/C29H25ClN2O5/c1-17-9-11-23-21(13-17)28(20-7-5-6-8-22(20)30)24(16-31-23)32-27(34)12-10-19-14-25(35-3)29(37-18(2)33)26(15-19)36-4/h5-16H,1-4H3,(H,32,34). The second kappa shape index (κ2) is 11.1. The normalized spacial score (nSPS) is 10.9. The van der Waals surface area contributed by atoms with E-state index in [2.05, 4.69) is 10.3 Å². The van der Waals surface area contributed by atoms with Gasteiger partial charge in [0.1, 0.15) is 0 Å². The lowest BCUT2D eigenvalue weighted by Gasteiger charge is -2.15.